The van der Waals surface area contributed by atoms with Crippen molar-refractivity contribution in [1.29, 1.82) is 0 Å². The molecule has 0 fully saturated rings. The van der Waals surface area contributed by atoms with E-state index < -0.39 is 11.5 Å². The number of Topliss-reactive ketones (excluding diaryl/α,β-unsaturated/α-hetero) is 1. The zero-order valence-corrected chi connectivity index (χ0v) is 14.0. The second-order valence-electron chi connectivity index (χ2n) is 6.33. The number of rotatable bonds is 13. The number of aliphatic carboxylic acids is 1. The Balaban J connectivity index is 3.82. The summed E-state index contributed by atoms with van der Waals surface area (Å²) in [5.41, 5.74) is 4.06. The second kappa shape index (κ2) is 10.8. The molecule has 0 aliphatic heterocycles. The van der Waals surface area contributed by atoms with Crippen molar-refractivity contribution in [3.05, 3.63) is 0 Å². The van der Waals surface area contributed by atoms with E-state index in [2.05, 4.69) is 6.92 Å². The van der Waals surface area contributed by atoms with Crippen molar-refractivity contribution in [2.24, 2.45) is 11.7 Å². The van der Waals surface area contributed by atoms with Gasteiger partial charge in [-0.05, 0) is 12.3 Å². The van der Waals surface area contributed by atoms with Crippen LogP contribution >= 0.6 is 0 Å². The van der Waals surface area contributed by atoms with E-state index >= 15 is 0 Å². The molecule has 0 aliphatic rings. The largest absolute Gasteiger partial charge is 0.480 e. The number of hydrogen-bond acceptors (Lipinski definition) is 3. The second-order valence-corrected chi connectivity index (χ2v) is 6.33. The molecular formula is C17H33NO3. The van der Waals surface area contributed by atoms with Crippen LogP contribution in [0.3, 0.4) is 0 Å². The highest BCUT2D eigenvalue weighted by atomic mass is 16.4. The third-order valence-corrected chi connectivity index (χ3v) is 4.23. The van der Waals surface area contributed by atoms with Crippen molar-refractivity contribution in [3.63, 3.8) is 0 Å². The Morgan fingerprint density at radius 3 is 1.76 bits per heavy atom. The Hall–Kier alpha value is -0.900. The SMILES string of the molecule is CCCCCCCCCCCC(=O)C(N)(C(=O)O)C(C)C. The first kappa shape index (κ1) is 20.1. The van der Waals surface area contributed by atoms with Crippen LogP contribution in [0, 0.1) is 5.92 Å². The first-order valence-electron chi connectivity index (χ1n) is 8.42. The Bertz CT molecular complexity index is 315. The zero-order chi connectivity index (χ0) is 16.3. The first-order valence-corrected chi connectivity index (χ1v) is 8.42. The van der Waals surface area contributed by atoms with E-state index in [1.807, 2.05) is 0 Å². The average Bonchev–Trinajstić information content (AvgIpc) is 2.43. The van der Waals surface area contributed by atoms with Gasteiger partial charge in [0.1, 0.15) is 0 Å². The fourth-order valence-corrected chi connectivity index (χ4v) is 2.49. The van der Waals surface area contributed by atoms with Gasteiger partial charge >= 0.3 is 5.97 Å². The molecule has 124 valence electrons. The summed E-state index contributed by atoms with van der Waals surface area (Å²) in [6.45, 7) is 5.58. The summed E-state index contributed by atoms with van der Waals surface area (Å²) >= 11 is 0. The molecular weight excluding hydrogens is 266 g/mol. The molecule has 1 unspecified atom stereocenters. The molecule has 4 heteroatoms. The van der Waals surface area contributed by atoms with E-state index in [0.717, 1.165) is 19.3 Å². The lowest BCUT2D eigenvalue weighted by Crippen LogP contribution is -2.58. The van der Waals surface area contributed by atoms with Gasteiger partial charge in [-0.1, -0.05) is 72.1 Å². The molecule has 0 amide bonds. The molecule has 0 radical (unpaired) electrons. The van der Waals surface area contributed by atoms with Gasteiger partial charge in [-0.3, -0.25) is 4.79 Å². The number of carbonyl (C=O) groups is 2. The molecule has 0 bridgehead atoms. The highest BCUT2D eigenvalue weighted by molar-refractivity contribution is 6.07. The smallest absolute Gasteiger partial charge is 0.331 e. The fourth-order valence-electron chi connectivity index (χ4n) is 2.49. The van der Waals surface area contributed by atoms with E-state index in [9.17, 15) is 14.7 Å². The van der Waals surface area contributed by atoms with Crippen molar-refractivity contribution in [1.82, 2.24) is 0 Å². The number of nitrogens with two attached hydrogens (primary N) is 1. The summed E-state index contributed by atoms with van der Waals surface area (Å²) in [5.74, 6) is -1.94. The molecule has 21 heavy (non-hydrogen) atoms. The van der Waals surface area contributed by atoms with Crippen LogP contribution < -0.4 is 5.73 Å². The lowest BCUT2D eigenvalue weighted by atomic mass is 9.81. The molecule has 1 atom stereocenters. The number of carboxylic acid groups (broad SMARTS) is 1. The van der Waals surface area contributed by atoms with Crippen molar-refractivity contribution < 1.29 is 14.7 Å². The summed E-state index contributed by atoms with van der Waals surface area (Å²) in [5, 5.41) is 9.17. The molecule has 0 spiro atoms. The third kappa shape index (κ3) is 7.07. The number of carbonyl (C=O) groups excluding carboxylic acids is 1. The van der Waals surface area contributed by atoms with Crippen molar-refractivity contribution in [2.75, 3.05) is 0 Å². The van der Waals surface area contributed by atoms with Crippen molar-refractivity contribution in [2.45, 2.75) is 90.5 Å². The molecule has 0 heterocycles. The van der Waals surface area contributed by atoms with Crippen molar-refractivity contribution >= 4 is 11.8 Å². The predicted molar refractivity (Wildman–Crippen MR) is 86.2 cm³/mol. The highest BCUT2D eigenvalue weighted by Gasteiger charge is 2.44. The van der Waals surface area contributed by atoms with E-state index in [0.29, 0.717) is 0 Å². The quantitative estimate of drug-likeness (QED) is 0.399. The number of ketones is 1. The van der Waals surface area contributed by atoms with E-state index in [-0.39, 0.29) is 18.1 Å². The number of carboxylic acids is 1. The molecule has 0 saturated carbocycles. The maximum atomic E-state index is 12.0. The molecule has 0 saturated heterocycles. The fraction of sp³-hybridized carbons (Fsp3) is 0.882. The summed E-state index contributed by atoms with van der Waals surface area (Å²) in [6.07, 6.45) is 10.8. The molecule has 0 aromatic carbocycles. The minimum Gasteiger partial charge on any atom is -0.480 e. The average molecular weight is 299 g/mol. The zero-order valence-electron chi connectivity index (χ0n) is 14.0. The van der Waals surface area contributed by atoms with Gasteiger partial charge in [0.25, 0.3) is 0 Å². The molecule has 0 aromatic rings. The minimum atomic E-state index is -1.72. The third-order valence-electron chi connectivity index (χ3n) is 4.23. The van der Waals surface area contributed by atoms with Crippen LogP contribution in [-0.4, -0.2) is 22.4 Å². The van der Waals surface area contributed by atoms with Crippen LogP contribution in [0.25, 0.3) is 0 Å². The van der Waals surface area contributed by atoms with E-state index in [4.69, 9.17) is 5.73 Å². The minimum absolute atomic E-state index is 0.275. The Morgan fingerprint density at radius 1 is 0.952 bits per heavy atom. The number of unbranched alkanes of at least 4 members (excludes halogenated alkanes) is 8. The first-order chi connectivity index (χ1) is 9.87. The van der Waals surface area contributed by atoms with Gasteiger partial charge in [-0.2, -0.15) is 0 Å². The van der Waals surface area contributed by atoms with Crippen LogP contribution in [-0.2, 0) is 9.59 Å². The highest BCUT2D eigenvalue weighted by Crippen LogP contribution is 2.19. The van der Waals surface area contributed by atoms with Gasteiger partial charge < -0.3 is 10.8 Å². The Labute approximate surface area is 129 Å². The van der Waals surface area contributed by atoms with Crippen LogP contribution in [0.2, 0.25) is 0 Å². The standard InChI is InChI=1S/C17H33NO3/c1-4-5-6-7-8-9-10-11-12-13-15(19)17(18,14(2)3)16(20)21/h14H,4-13,18H2,1-3H3,(H,20,21). The van der Waals surface area contributed by atoms with Gasteiger partial charge in [-0.15, -0.1) is 0 Å². The van der Waals surface area contributed by atoms with E-state index in [1.165, 1.54) is 38.5 Å². The maximum Gasteiger partial charge on any atom is 0.331 e. The van der Waals surface area contributed by atoms with E-state index in [1.54, 1.807) is 13.8 Å². The molecule has 0 aromatic heterocycles. The topological polar surface area (TPSA) is 80.4 Å². The molecule has 3 N–H and O–H groups in total. The summed E-state index contributed by atoms with van der Waals surface area (Å²) in [7, 11) is 0. The summed E-state index contributed by atoms with van der Waals surface area (Å²) in [6, 6.07) is 0. The van der Waals surface area contributed by atoms with Gasteiger partial charge in [0.05, 0.1) is 0 Å². The summed E-state index contributed by atoms with van der Waals surface area (Å²) in [4.78, 5) is 23.3. The lowest BCUT2D eigenvalue weighted by molar-refractivity contribution is -0.150. The van der Waals surface area contributed by atoms with Gasteiger partial charge in [-0.25, -0.2) is 4.79 Å². The Morgan fingerprint density at radius 2 is 1.38 bits per heavy atom. The predicted octanol–water partition coefficient (Wildman–Crippen LogP) is 3.91. The van der Waals surface area contributed by atoms with Crippen molar-refractivity contribution in [3.8, 4) is 0 Å². The lowest BCUT2D eigenvalue weighted by Gasteiger charge is -2.27. The van der Waals surface area contributed by atoms with Crippen LogP contribution in [0.4, 0.5) is 0 Å². The maximum absolute atomic E-state index is 12.0. The van der Waals surface area contributed by atoms with Crippen LogP contribution in [0.15, 0.2) is 0 Å². The monoisotopic (exact) mass is 299 g/mol. The van der Waals surface area contributed by atoms with Gasteiger partial charge in [0.15, 0.2) is 11.3 Å². The summed E-state index contributed by atoms with van der Waals surface area (Å²) < 4.78 is 0. The van der Waals surface area contributed by atoms with Gasteiger partial charge in [0.2, 0.25) is 0 Å². The normalized spacial score (nSPS) is 14.1. The number of hydrogen-bond donors (Lipinski definition) is 2. The molecule has 0 aliphatic carbocycles. The molecule has 4 nitrogen and oxygen atoms in total. The van der Waals surface area contributed by atoms with Crippen LogP contribution in [0.1, 0.15) is 85.0 Å². The van der Waals surface area contributed by atoms with Gasteiger partial charge in [0, 0.05) is 6.42 Å². The molecule has 0 rings (SSSR count). The van der Waals surface area contributed by atoms with Crippen LogP contribution in [0.5, 0.6) is 0 Å². The Kier molecular flexibility index (Phi) is 10.3.